The SMILES string of the molecule is CC(=Cc1ccc(Cl)cc1)S(=O)(=O)NC(=O)N1CCC(CCCc2ccccc2)CC1. The van der Waals surface area contributed by atoms with Crippen LogP contribution in [0, 0.1) is 5.92 Å². The first kappa shape index (κ1) is 23.4. The van der Waals surface area contributed by atoms with E-state index < -0.39 is 16.1 Å². The van der Waals surface area contributed by atoms with Crippen molar-refractivity contribution in [1.82, 2.24) is 9.62 Å². The maximum absolute atomic E-state index is 12.5. The van der Waals surface area contributed by atoms with Gasteiger partial charge in [0.15, 0.2) is 0 Å². The van der Waals surface area contributed by atoms with Crippen LogP contribution in [-0.2, 0) is 16.4 Å². The second kappa shape index (κ2) is 10.8. The van der Waals surface area contributed by atoms with Gasteiger partial charge in [0.1, 0.15) is 0 Å². The normalized spacial score (nSPS) is 15.7. The van der Waals surface area contributed by atoms with Crippen molar-refractivity contribution in [2.75, 3.05) is 13.1 Å². The predicted molar refractivity (Wildman–Crippen MR) is 126 cm³/mol. The Hall–Kier alpha value is -2.31. The van der Waals surface area contributed by atoms with Crippen LogP contribution in [0.25, 0.3) is 6.08 Å². The largest absolute Gasteiger partial charge is 0.331 e. The van der Waals surface area contributed by atoms with Gasteiger partial charge in [0, 0.05) is 18.1 Å². The van der Waals surface area contributed by atoms with E-state index in [4.69, 9.17) is 11.6 Å². The first-order valence-corrected chi connectivity index (χ1v) is 12.5. The first-order valence-electron chi connectivity index (χ1n) is 10.6. The highest BCUT2D eigenvalue weighted by Crippen LogP contribution is 2.23. The standard InChI is InChI=1S/C24H29ClN2O3S/c1-19(18-22-10-12-23(25)13-11-22)31(29,30)26-24(28)27-16-14-21(15-17-27)9-5-8-20-6-3-2-4-7-20/h2-4,6-7,10-13,18,21H,5,8-9,14-17H2,1H3,(H,26,28). The lowest BCUT2D eigenvalue weighted by atomic mass is 9.91. The first-order chi connectivity index (χ1) is 14.8. The molecule has 1 aliphatic heterocycles. The highest BCUT2D eigenvalue weighted by molar-refractivity contribution is 7.94. The molecule has 0 spiro atoms. The van der Waals surface area contributed by atoms with Crippen LogP contribution in [0.3, 0.4) is 0 Å². The van der Waals surface area contributed by atoms with Crippen molar-refractivity contribution in [3.8, 4) is 0 Å². The number of nitrogens with one attached hydrogen (secondary N) is 1. The third-order valence-corrected chi connectivity index (χ3v) is 7.37. The molecule has 2 aromatic rings. The van der Waals surface area contributed by atoms with Gasteiger partial charge in [-0.3, -0.25) is 0 Å². The molecule has 1 saturated heterocycles. The minimum absolute atomic E-state index is 0.0824. The maximum Gasteiger partial charge on any atom is 0.331 e. The highest BCUT2D eigenvalue weighted by Gasteiger charge is 2.26. The van der Waals surface area contributed by atoms with Gasteiger partial charge >= 0.3 is 6.03 Å². The van der Waals surface area contributed by atoms with E-state index in [-0.39, 0.29) is 4.91 Å². The topological polar surface area (TPSA) is 66.5 Å². The van der Waals surface area contributed by atoms with Gasteiger partial charge in [-0.05, 0) is 74.3 Å². The molecule has 2 aromatic carbocycles. The minimum Gasteiger partial charge on any atom is -0.324 e. The van der Waals surface area contributed by atoms with E-state index in [0.29, 0.717) is 29.6 Å². The molecule has 1 heterocycles. The van der Waals surface area contributed by atoms with Crippen molar-refractivity contribution < 1.29 is 13.2 Å². The van der Waals surface area contributed by atoms with E-state index in [2.05, 4.69) is 29.0 Å². The quantitative estimate of drug-likeness (QED) is 0.595. The second-order valence-electron chi connectivity index (χ2n) is 8.03. The molecule has 0 aliphatic carbocycles. The molecule has 1 N–H and O–H groups in total. The van der Waals surface area contributed by atoms with Gasteiger partial charge in [-0.15, -0.1) is 0 Å². The van der Waals surface area contributed by atoms with E-state index in [0.717, 1.165) is 32.1 Å². The Morgan fingerprint density at radius 3 is 2.39 bits per heavy atom. The number of rotatable bonds is 7. The molecule has 0 saturated carbocycles. The molecule has 5 nitrogen and oxygen atoms in total. The molecule has 0 bridgehead atoms. The molecule has 0 atom stereocenters. The monoisotopic (exact) mass is 460 g/mol. The van der Waals surface area contributed by atoms with Crippen LogP contribution >= 0.6 is 11.6 Å². The van der Waals surface area contributed by atoms with Gasteiger partial charge in [-0.1, -0.05) is 54.1 Å². The molecule has 0 radical (unpaired) electrons. The van der Waals surface area contributed by atoms with Crippen molar-refractivity contribution >= 4 is 33.7 Å². The Balaban J connectivity index is 1.45. The number of likely N-dealkylation sites (tertiary alicyclic amines) is 1. The molecule has 1 fully saturated rings. The van der Waals surface area contributed by atoms with Crippen molar-refractivity contribution in [2.45, 2.75) is 39.0 Å². The summed E-state index contributed by atoms with van der Waals surface area (Å²) in [6, 6.07) is 16.7. The Morgan fingerprint density at radius 1 is 1.10 bits per heavy atom. The lowest BCUT2D eigenvalue weighted by Crippen LogP contribution is -2.46. The summed E-state index contributed by atoms with van der Waals surface area (Å²) in [6.45, 7) is 2.64. The Bertz CT molecular complexity index is 997. The smallest absolute Gasteiger partial charge is 0.324 e. The lowest BCUT2D eigenvalue weighted by molar-refractivity contribution is 0.172. The molecule has 31 heavy (non-hydrogen) atoms. The summed E-state index contributed by atoms with van der Waals surface area (Å²) in [5.74, 6) is 0.580. The van der Waals surface area contributed by atoms with Gasteiger partial charge in [-0.2, -0.15) is 0 Å². The summed E-state index contributed by atoms with van der Waals surface area (Å²) in [5.41, 5.74) is 2.06. The Kier molecular flexibility index (Phi) is 8.15. The van der Waals surface area contributed by atoms with Crippen LogP contribution in [0.5, 0.6) is 0 Å². The molecule has 1 aliphatic rings. The Labute approximate surface area is 190 Å². The number of carbonyl (C=O) groups excluding carboxylic acids is 1. The number of urea groups is 1. The van der Waals surface area contributed by atoms with Crippen LogP contribution in [0.2, 0.25) is 5.02 Å². The van der Waals surface area contributed by atoms with Crippen molar-refractivity contribution in [3.05, 3.63) is 75.7 Å². The number of hydrogen-bond donors (Lipinski definition) is 1. The second-order valence-corrected chi connectivity index (χ2v) is 10.3. The average molecular weight is 461 g/mol. The number of aryl methyl sites for hydroxylation is 1. The number of hydrogen-bond acceptors (Lipinski definition) is 3. The molecular weight excluding hydrogens is 432 g/mol. The van der Waals surface area contributed by atoms with Gasteiger partial charge in [-0.25, -0.2) is 17.9 Å². The van der Waals surface area contributed by atoms with Crippen LogP contribution in [0.1, 0.15) is 43.7 Å². The van der Waals surface area contributed by atoms with Crippen molar-refractivity contribution in [3.63, 3.8) is 0 Å². The molecular formula is C24H29ClN2O3S. The zero-order valence-corrected chi connectivity index (χ0v) is 19.3. The van der Waals surface area contributed by atoms with Crippen LogP contribution < -0.4 is 4.72 Å². The summed E-state index contributed by atoms with van der Waals surface area (Å²) < 4.78 is 27.3. The summed E-state index contributed by atoms with van der Waals surface area (Å²) in [7, 11) is -3.89. The molecule has 7 heteroatoms. The zero-order valence-electron chi connectivity index (χ0n) is 17.8. The molecule has 0 unspecified atom stereocenters. The fourth-order valence-electron chi connectivity index (χ4n) is 3.80. The number of sulfonamides is 1. The maximum atomic E-state index is 12.5. The fraction of sp³-hybridized carbons (Fsp3) is 0.375. The number of piperidine rings is 1. The van der Waals surface area contributed by atoms with Crippen LogP contribution in [-0.4, -0.2) is 32.4 Å². The van der Waals surface area contributed by atoms with Gasteiger partial charge in [0.05, 0.1) is 4.91 Å². The third kappa shape index (κ3) is 7.11. The Morgan fingerprint density at radius 2 is 1.74 bits per heavy atom. The molecule has 0 aromatic heterocycles. The van der Waals surface area contributed by atoms with E-state index >= 15 is 0 Å². The average Bonchev–Trinajstić information content (AvgIpc) is 2.76. The van der Waals surface area contributed by atoms with E-state index in [9.17, 15) is 13.2 Å². The summed E-state index contributed by atoms with van der Waals surface area (Å²) in [4.78, 5) is 14.2. The highest BCUT2D eigenvalue weighted by atomic mass is 35.5. The number of allylic oxidation sites excluding steroid dienone is 1. The summed E-state index contributed by atoms with van der Waals surface area (Å²) >= 11 is 5.86. The van der Waals surface area contributed by atoms with Crippen LogP contribution in [0.4, 0.5) is 4.79 Å². The predicted octanol–water partition coefficient (Wildman–Crippen LogP) is 5.48. The number of carbonyl (C=O) groups is 1. The van der Waals surface area contributed by atoms with E-state index in [1.54, 1.807) is 29.2 Å². The van der Waals surface area contributed by atoms with Gasteiger partial charge in [0.25, 0.3) is 10.0 Å². The molecule has 166 valence electrons. The molecule has 2 amide bonds. The number of halogens is 1. The molecule has 3 rings (SSSR count). The van der Waals surface area contributed by atoms with Gasteiger partial charge in [0.2, 0.25) is 0 Å². The van der Waals surface area contributed by atoms with Crippen molar-refractivity contribution in [1.29, 1.82) is 0 Å². The summed E-state index contributed by atoms with van der Waals surface area (Å²) in [6.07, 6.45) is 6.66. The van der Waals surface area contributed by atoms with Crippen molar-refractivity contribution in [2.24, 2.45) is 5.92 Å². The lowest BCUT2D eigenvalue weighted by Gasteiger charge is -2.32. The number of amides is 2. The number of benzene rings is 2. The van der Waals surface area contributed by atoms with E-state index in [1.165, 1.54) is 18.6 Å². The minimum atomic E-state index is -3.89. The zero-order chi connectivity index (χ0) is 22.3. The van der Waals surface area contributed by atoms with Crippen LogP contribution in [0.15, 0.2) is 59.5 Å². The van der Waals surface area contributed by atoms with E-state index in [1.807, 2.05) is 6.07 Å². The summed E-state index contributed by atoms with van der Waals surface area (Å²) in [5, 5.41) is 0.578. The third-order valence-electron chi connectivity index (χ3n) is 5.71. The van der Waals surface area contributed by atoms with Gasteiger partial charge < -0.3 is 4.90 Å². The number of nitrogens with zero attached hydrogens (tertiary/aromatic N) is 1. The fourth-order valence-corrected chi connectivity index (χ4v) is 4.73.